The summed E-state index contributed by atoms with van der Waals surface area (Å²) in [5, 5.41) is 12.2. The smallest absolute Gasteiger partial charge is 0.108 e. The van der Waals surface area contributed by atoms with E-state index < -0.39 is 0 Å². The van der Waals surface area contributed by atoms with Gasteiger partial charge in [0, 0.05) is 12.6 Å². The van der Waals surface area contributed by atoms with Crippen molar-refractivity contribution >= 4 is 0 Å². The largest absolute Gasteiger partial charge is 0.301 e. The maximum atomic E-state index is 9.01. The summed E-state index contributed by atoms with van der Waals surface area (Å²) in [7, 11) is 0. The molecule has 0 aromatic rings. The molecule has 15 heavy (non-hydrogen) atoms. The van der Waals surface area contributed by atoms with Crippen LogP contribution in [-0.2, 0) is 0 Å². The zero-order valence-electron chi connectivity index (χ0n) is 10.00. The lowest BCUT2D eigenvalue weighted by Gasteiger charge is -2.36. The molecule has 0 aromatic carbocycles. The van der Waals surface area contributed by atoms with Crippen molar-refractivity contribution in [2.75, 3.05) is 19.6 Å². The summed E-state index contributed by atoms with van der Waals surface area (Å²) in [5.74, 6) is 0. The fourth-order valence-corrected chi connectivity index (χ4v) is 2.39. The molecule has 0 aliphatic carbocycles. The van der Waals surface area contributed by atoms with E-state index in [-0.39, 0.29) is 6.04 Å². The molecule has 3 nitrogen and oxygen atoms in total. The van der Waals surface area contributed by atoms with Gasteiger partial charge in [0.05, 0.1) is 6.07 Å². The average molecular weight is 209 g/mol. The normalized spacial score (nSPS) is 24.7. The van der Waals surface area contributed by atoms with Gasteiger partial charge in [0.25, 0.3) is 0 Å². The number of hydrogen-bond acceptors (Lipinski definition) is 3. The van der Waals surface area contributed by atoms with Gasteiger partial charge >= 0.3 is 0 Å². The number of likely N-dealkylation sites (tertiary alicyclic amines) is 1. The average Bonchev–Trinajstić information content (AvgIpc) is 2.29. The molecule has 0 amide bonds. The number of likely N-dealkylation sites (N-methyl/N-ethyl adjacent to an activating group) is 1. The monoisotopic (exact) mass is 209 g/mol. The molecule has 0 radical (unpaired) electrons. The summed E-state index contributed by atoms with van der Waals surface area (Å²) >= 11 is 0. The van der Waals surface area contributed by atoms with Gasteiger partial charge in [0.2, 0.25) is 0 Å². The van der Waals surface area contributed by atoms with E-state index in [2.05, 4.69) is 30.1 Å². The molecule has 1 heterocycles. The summed E-state index contributed by atoms with van der Waals surface area (Å²) in [6, 6.07) is 3.05. The van der Waals surface area contributed by atoms with Crippen molar-refractivity contribution in [3.8, 4) is 6.07 Å². The molecule has 3 heteroatoms. The molecule has 1 N–H and O–H groups in total. The summed E-state index contributed by atoms with van der Waals surface area (Å²) in [6.07, 6.45) is 5.17. The first kappa shape index (κ1) is 12.5. The Labute approximate surface area is 93.5 Å². The molecule has 0 aromatic heterocycles. The van der Waals surface area contributed by atoms with Crippen LogP contribution in [0.1, 0.15) is 39.5 Å². The third kappa shape index (κ3) is 3.81. The minimum absolute atomic E-state index is 0.00199. The zero-order chi connectivity index (χ0) is 11.1. The molecule has 1 saturated heterocycles. The van der Waals surface area contributed by atoms with E-state index in [1.54, 1.807) is 0 Å². The second kappa shape index (κ2) is 6.81. The quantitative estimate of drug-likeness (QED) is 0.750. The van der Waals surface area contributed by atoms with Crippen LogP contribution in [0.4, 0.5) is 0 Å². The molecule has 1 aliphatic heterocycles. The van der Waals surface area contributed by atoms with Crippen molar-refractivity contribution in [2.24, 2.45) is 0 Å². The van der Waals surface area contributed by atoms with Crippen molar-refractivity contribution in [1.82, 2.24) is 10.2 Å². The van der Waals surface area contributed by atoms with E-state index in [1.165, 1.54) is 32.2 Å². The van der Waals surface area contributed by atoms with Crippen LogP contribution < -0.4 is 5.32 Å². The van der Waals surface area contributed by atoms with E-state index in [0.717, 1.165) is 13.1 Å². The predicted octanol–water partition coefficient (Wildman–Crippen LogP) is 1.75. The Balaban J connectivity index is 2.43. The molecule has 0 bridgehead atoms. The highest BCUT2D eigenvalue weighted by Gasteiger charge is 2.22. The molecular weight excluding hydrogens is 186 g/mol. The zero-order valence-corrected chi connectivity index (χ0v) is 10.00. The molecule has 1 fully saturated rings. The fraction of sp³-hybridized carbons (Fsp3) is 0.917. The van der Waals surface area contributed by atoms with Crippen LogP contribution in [0.15, 0.2) is 0 Å². The van der Waals surface area contributed by atoms with Crippen molar-refractivity contribution in [3.05, 3.63) is 0 Å². The van der Waals surface area contributed by atoms with E-state index in [0.29, 0.717) is 6.04 Å². The van der Waals surface area contributed by atoms with Crippen LogP contribution in [0.5, 0.6) is 0 Å². The third-order valence-electron chi connectivity index (χ3n) is 3.24. The van der Waals surface area contributed by atoms with Crippen molar-refractivity contribution in [2.45, 2.75) is 51.6 Å². The molecule has 86 valence electrons. The second-order valence-electron chi connectivity index (χ2n) is 4.29. The fourth-order valence-electron chi connectivity index (χ4n) is 2.39. The Hall–Kier alpha value is -0.590. The lowest BCUT2D eigenvalue weighted by atomic mass is 9.99. The SMILES string of the molecule is CCNC(C#N)CN1CCCCC1CC. The van der Waals surface area contributed by atoms with E-state index in [4.69, 9.17) is 5.26 Å². The number of nitrogens with one attached hydrogen (secondary N) is 1. The van der Waals surface area contributed by atoms with Crippen molar-refractivity contribution in [1.29, 1.82) is 5.26 Å². The van der Waals surface area contributed by atoms with Crippen LogP contribution in [-0.4, -0.2) is 36.6 Å². The predicted molar refractivity (Wildman–Crippen MR) is 62.6 cm³/mol. The molecule has 2 atom stereocenters. The first-order chi connectivity index (χ1) is 7.31. The first-order valence-electron chi connectivity index (χ1n) is 6.18. The van der Waals surface area contributed by atoms with E-state index in [1.807, 2.05) is 0 Å². The number of nitrogens with zero attached hydrogens (tertiary/aromatic N) is 2. The minimum atomic E-state index is 0.00199. The van der Waals surface area contributed by atoms with E-state index >= 15 is 0 Å². The number of rotatable bonds is 5. The number of hydrogen-bond donors (Lipinski definition) is 1. The topological polar surface area (TPSA) is 39.1 Å². The van der Waals surface area contributed by atoms with Gasteiger partial charge in [0.1, 0.15) is 6.04 Å². The highest BCUT2D eigenvalue weighted by Crippen LogP contribution is 2.19. The first-order valence-corrected chi connectivity index (χ1v) is 6.18. The Morgan fingerprint density at radius 2 is 2.27 bits per heavy atom. The van der Waals surface area contributed by atoms with Crippen molar-refractivity contribution < 1.29 is 0 Å². The summed E-state index contributed by atoms with van der Waals surface area (Å²) in [4.78, 5) is 2.49. The molecular formula is C12H23N3. The summed E-state index contributed by atoms with van der Waals surface area (Å²) < 4.78 is 0. The Bertz CT molecular complexity index is 209. The molecule has 1 rings (SSSR count). The third-order valence-corrected chi connectivity index (χ3v) is 3.24. The standard InChI is InChI=1S/C12H23N3/c1-3-12-7-5-6-8-15(12)10-11(9-13)14-4-2/h11-12,14H,3-8,10H2,1-2H3. The molecule has 0 saturated carbocycles. The maximum Gasteiger partial charge on any atom is 0.108 e. The number of nitriles is 1. The van der Waals surface area contributed by atoms with E-state index in [9.17, 15) is 0 Å². The highest BCUT2D eigenvalue weighted by molar-refractivity contribution is 4.93. The Morgan fingerprint density at radius 1 is 1.47 bits per heavy atom. The Kier molecular flexibility index (Phi) is 5.67. The maximum absolute atomic E-state index is 9.01. The van der Waals surface area contributed by atoms with Crippen LogP contribution in [0, 0.1) is 11.3 Å². The second-order valence-corrected chi connectivity index (χ2v) is 4.29. The van der Waals surface area contributed by atoms with Crippen LogP contribution in [0.25, 0.3) is 0 Å². The molecule has 2 unspecified atom stereocenters. The van der Waals surface area contributed by atoms with Gasteiger partial charge < -0.3 is 5.32 Å². The van der Waals surface area contributed by atoms with Gasteiger partial charge in [-0.2, -0.15) is 5.26 Å². The van der Waals surface area contributed by atoms with Gasteiger partial charge in [0.15, 0.2) is 0 Å². The van der Waals surface area contributed by atoms with Gasteiger partial charge in [-0.1, -0.05) is 20.3 Å². The Morgan fingerprint density at radius 3 is 2.87 bits per heavy atom. The van der Waals surface area contributed by atoms with Gasteiger partial charge in [-0.3, -0.25) is 4.90 Å². The summed E-state index contributed by atoms with van der Waals surface area (Å²) in [6.45, 7) is 7.24. The summed E-state index contributed by atoms with van der Waals surface area (Å²) in [5.41, 5.74) is 0. The van der Waals surface area contributed by atoms with Crippen LogP contribution in [0.3, 0.4) is 0 Å². The highest BCUT2D eigenvalue weighted by atomic mass is 15.2. The van der Waals surface area contributed by atoms with Crippen LogP contribution in [0.2, 0.25) is 0 Å². The van der Waals surface area contributed by atoms with Gasteiger partial charge in [-0.05, 0) is 32.4 Å². The molecule has 1 aliphatic rings. The number of piperidine rings is 1. The van der Waals surface area contributed by atoms with Crippen LogP contribution >= 0.6 is 0 Å². The minimum Gasteiger partial charge on any atom is -0.301 e. The van der Waals surface area contributed by atoms with Crippen molar-refractivity contribution in [3.63, 3.8) is 0 Å². The lowest BCUT2D eigenvalue weighted by molar-refractivity contribution is 0.137. The lowest BCUT2D eigenvalue weighted by Crippen LogP contribution is -2.47. The van der Waals surface area contributed by atoms with Gasteiger partial charge in [-0.15, -0.1) is 0 Å². The van der Waals surface area contributed by atoms with Gasteiger partial charge in [-0.25, -0.2) is 0 Å². The molecule has 0 spiro atoms.